The molecule has 2 rings (SSSR count). The smallest absolute Gasteiger partial charge is 0.376 e. The zero-order valence-corrected chi connectivity index (χ0v) is 11.2. The van der Waals surface area contributed by atoms with Crippen LogP contribution in [-0.2, 0) is 6.18 Å². The molecule has 2 aromatic rings. The van der Waals surface area contributed by atoms with Crippen molar-refractivity contribution in [3.05, 3.63) is 42.0 Å². The second kappa shape index (κ2) is 5.12. The Hall–Kier alpha value is -2.09. The first-order valence-electron chi connectivity index (χ1n) is 5.57. The largest absolute Gasteiger partial charge is 0.416 e. The fourth-order valence-electron chi connectivity index (χ4n) is 1.79. The number of alkyl halides is 3. The Morgan fingerprint density at radius 1 is 1.40 bits per heavy atom. The van der Waals surface area contributed by atoms with Crippen LogP contribution in [-0.4, -0.2) is 14.7 Å². The van der Waals surface area contributed by atoms with Crippen molar-refractivity contribution in [3.63, 3.8) is 0 Å². The van der Waals surface area contributed by atoms with E-state index in [4.69, 9.17) is 18.0 Å². The molecule has 0 fully saturated rings. The summed E-state index contributed by atoms with van der Waals surface area (Å²) in [6, 6.07) is 3.31. The summed E-state index contributed by atoms with van der Waals surface area (Å²) in [5.74, 6) is 0.635. The van der Waals surface area contributed by atoms with Crippen molar-refractivity contribution < 1.29 is 13.2 Å². The second-order valence-electron chi connectivity index (χ2n) is 4.06. The molecule has 0 radical (unpaired) electrons. The lowest BCUT2D eigenvalue weighted by atomic mass is 10.1. The Labute approximate surface area is 118 Å². The van der Waals surface area contributed by atoms with Gasteiger partial charge in [0.05, 0.1) is 16.9 Å². The Morgan fingerprint density at radius 3 is 2.60 bits per heavy atom. The van der Waals surface area contributed by atoms with Crippen LogP contribution in [0.25, 0.3) is 5.69 Å². The fourth-order valence-corrected chi connectivity index (χ4v) is 1.90. The van der Waals surface area contributed by atoms with E-state index in [9.17, 15) is 13.2 Å². The topological polar surface area (TPSA) is 55.9 Å². The number of thiocarbonyl (C=S) groups is 1. The Morgan fingerprint density at radius 2 is 2.10 bits per heavy atom. The highest BCUT2D eigenvalue weighted by Crippen LogP contribution is 2.33. The van der Waals surface area contributed by atoms with Crippen LogP contribution >= 0.6 is 12.2 Å². The van der Waals surface area contributed by atoms with Gasteiger partial charge in [-0.25, -0.2) is 4.98 Å². The zero-order valence-electron chi connectivity index (χ0n) is 10.4. The van der Waals surface area contributed by atoms with E-state index in [1.165, 1.54) is 6.07 Å². The van der Waals surface area contributed by atoms with Gasteiger partial charge < -0.3 is 15.6 Å². The summed E-state index contributed by atoms with van der Waals surface area (Å²) in [5, 5.41) is 2.45. The van der Waals surface area contributed by atoms with Crippen molar-refractivity contribution >= 4 is 23.0 Å². The van der Waals surface area contributed by atoms with Crippen molar-refractivity contribution in [2.45, 2.75) is 13.1 Å². The fraction of sp³-hybridized carbons (Fsp3) is 0.167. The average Bonchev–Trinajstić information content (AvgIpc) is 2.73. The summed E-state index contributed by atoms with van der Waals surface area (Å²) < 4.78 is 39.9. The lowest BCUT2D eigenvalue weighted by Gasteiger charge is -2.15. The highest BCUT2D eigenvalue weighted by atomic mass is 32.1. The van der Waals surface area contributed by atoms with Crippen molar-refractivity contribution in [1.29, 1.82) is 0 Å². The maximum atomic E-state index is 12.7. The van der Waals surface area contributed by atoms with Gasteiger partial charge in [0, 0.05) is 12.4 Å². The van der Waals surface area contributed by atoms with Gasteiger partial charge in [0.15, 0.2) is 5.11 Å². The van der Waals surface area contributed by atoms with Gasteiger partial charge in [-0.1, -0.05) is 0 Å². The van der Waals surface area contributed by atoms with Crippen LogP contribution in [0.2, 0.25) is 0 Å². The molecule has 0 amide bonds. The monoisotopic (exact) mass is 300 g/mol. The van der Waals surface area contributed by atoms with E-state index >= 15 is 0 Å². The first kappa shape index (κ1) is 14.3. The molecule has 8 heteroatoms. The molecule has 0 unspecified atom stereocenters. The van der Waals surface area contributed by atoms with E-state index in [0.717, 1.165) is 12.1 Å². The number of benzene rings is 1. The van der Waals surface area contributed by atoms with Crippen LogP contribution in [0.5, 0.6) is 0 Å². The number of rotatable bonds is 2. The van der Waals surface area contributed by atoms with Gasteiger partial charge in [0.1, 0.15) is 5.82 Å². The van der Waals surface area contributed by atoms with Gasteiger partial charge in [-0.05, 0) is 37.3 Å². The van der Waals surface area contributed by atoms with Crippen LogP contribution in [0.3, 0.4) is 0 Å². The lowest BCUT2D eigenvalue weighted by Crippen LogP contribution is -2.21. The van der Waals surface area contributed by atoms with Crippen LogP contribution in [0.4, 0.5) is 18.9 Å². The predicted molar refractivity (Wildman–Crippen MR) is 73.7 cm³/mol. The van der Waals surface area contributed by atoms with Crippen molar-refractivity contribution in [3.8, 4) is 5.69 Å². The van der Waals surface area contributed by atoms with E-state index < -0.39 is 11.7 Å². The van der Waals surface area contributed by atoms with Gasteiger partial charge in [0.25, 0.3) is 0 Å². The summed E-state index contributed by atoms with van der Waals surface area (Å²) in [5.41, 5.74) is 5.24. The van der Waals surface area contributed by atoms with E-state index in [2.05, 4.69) is 10.3 Å². The van der Waals surface area contributed by atoms with E-state index in [0.29, 0.717) is 11.5 Å². The van der Waals surface area contributed by atoms with Gasteiger partial charge in [-0.15, -0.1) is 0 Å². The number of hydrogen-bond acceptors (Lipinski definition) is 2. The molecule has 0 spiro atoms. The van der Waals surface area contributed by atoms with E-state index in [-0.39, 0.29) is 10.8 Å². The molecule has 0 aliphatic heterocycles. The first-order valence-corrected chi connectivity index (χ1v) is 5.98. The number of nitrogens with zero attached hydrogens (tertiary/aromatic N) is 2. The number of imidazole rings is 1. The quantitative estimate of drug-likeness (QED) is 0.837. The normalized spacial score (nSPS) is 11.4. The molecule has 0 saturated heterocycles. The van der Waals surface area contributed by atoms with E-state index in [1.54, 1.807) is 23.9 Å². The van der Waals surface area contributed by atoms with E-state index in [1.807, 2.05) is 0 Å². The number of nitrogens with one attached hydrogen (secondary N) is 1. The molecular weight excluding hydrogens is 289 g/mol. The molecule has 106 valence electrons. The number of aryl methyl sites for hydroxylation is 1. The number of anilines is 1. The molecule has 20 heavy (non-hydrogen) atoms. The second-order valence-corrected chi connectivity index (χ2v) is 4.50. The minimum atomic E-state index is -4.44. The van der Waals surface area contributed by atoms with Crippen molar-refractivity contribution in [2.24, 2.45) is 5.73 Å². The molecule has 0 saturated carbocycles. The Kier molecular flexibility index (Phi) is 3.67. The number of halogens is 3. The molecule has 0 aliphatic carbocycles. The van der Waals surface area contributed by atoms with Crippen LogP contribution in [0.15, 0.2) is 30.6 Å². The number of hydrogen-bond donors (Lipinski definition) is 2. The number of aromatic nitrogens is 2. The van der Waals surface area contributed by atoms with Gasteiger partial charge in [0.2, 0.25) is 0 Å². The van der Waals surface area contributed by atoms with Crippen molar-refractivity contribution in [1.82, 2.24) is 9.55 Å². The van der Waals surface area contributed by atoms with Crippen LogP contribution < -0.4 is 11.1 Å². The standard InChI is InChI=1S/C12H11F3N4S/c1-7-17-4-5-19(7)10-3-2-8(12(13,14)15)6-9(10)18-11(16)20/h2-6H,1H3,(H3,16,18,20). The molecule has 1 aromatic heterocycles. The highest BCUT2D eigenvalue weighted by molar-refractivity contribution is 7.80. The lowest BCUT2D eigenvalue weighted by molar-refractivity contribution is -0.137. The Bertz CT molecular complexity index is 648. The third-order valence-electron chi connectivity index (χ3n) is 2.67. The highest BCUT2D eigenvalue weighted by Gasteiger charge is 2.31. The molecule has 1 heterocycles. The summed E-state index contributed by atoms with van der Waals surface area (Å²) in [4.78, 5) is 4.03. The Balaban J connectivity index is 2.57. The summed E-state index contributed by atoms with van der Waals surface area (Å²) in [6.45, 7) is 1.74. The maximum absolute atomic E-state index is 12.7. The molecule has 3 N–H and O–H groups in total. The molecular formula is C12H11F3N4S. The minimum Gasteiger partial charge on any atom is -0.376 e. The molecule has 0 atom stereocenters. The molecule has 1 aromatic carbocycles. The summed E-state index contributed by atoms with van der Waals surface area (Å²) >= 11 is 4.70. The molecule has 4 nitrogen and oxygen atoms in total. The minimum absolute atomic E-state index is 0.108. The summed E-state index contributed by atoms with van der Waals surface area (Å²) in [7, 11) is 0. The maximum Gasteiger partial charge on any atom is 0.416 e. The van der Waals surface area contributed by atoms with Gasteiger partial charge >= 0.3 is 6.18 Å². The average molecular weight is 300 g/mol. The third kappa shape index (κ3) is 2.90. The van der Waals surface area contributed by atoms with Crippen LogP contribution in [0.1, 0.15) is 11.4 Å². The summed E-state index contributed by atoms with van der Waals surface area (Å²) in [6.07, 6.45) is -1.24. The number of nitrogens with two attached hydrogens (primary N) is 1. The SMILES string of the molecule is Cc1nccn1-c1ccc(C(F)(F)F)cc1NC(N)=S. The molecule has 0 bridgehead atoms. The van der Waals surface area contributed by atoms with Gasteiger partial charge in [-0.2, -0.15) is 13.2 Å². The first-order chi connectivity index (χ1) is 9.29. The van der Waals surface area contributed by atoms with Crippen LogP contribution in [0, 0.1) is 6.92 Å². The third-order valence-corrected chi connectivity index (χ3v) is 2.77. The van der Waals surface area contributed by atoms with Gasteiger partial charge in [-0.3, -0.25) is 0 Å². The molecule has 0 aliphatic rings. The van der Waals surface area contributed by atoms with Crippen molar-refractivity contribution in [2.75, 3.05) is 5.32 Å². The predicted octanol–water partition coefficient (Wildman–Crippen LogP) is 2.86. The zero-order chi connectivity index (χ0) is 14.9.